The molecule has 0 aromatic carbocycles. The molecule has 0 unspecified atom stereocenters. The zero-order chi connectivity index (χ0) is 15.5. The number of ether oxygens (including phenoxy) is 1. The molecule has 1 amide bonds. The van der Waals surface area contributed by atoms with Crippen LogP contribution in [0.3, 0.4) is 0 Å². The summed E-state index contributed by atoms with van der Waals surface area (Å²) >= 11 is 0. The number of rotatable bonds is 7. The maximum Gasteiger partial charge on any atom is 0.352 e. The first-order valence-corrected chi connectivity index (χ1v) is 6.83. The summed E-state index contributed by atoms with van der Waals surface area (Å²) in [5.41, 5.74) is -2.22. The van der Waals surface area contributed by atoms with Crippen LogP contribution in [0.1, 0.15) is 25.7 Å². The Kier molecular flexibility index (Phi) is 4.58. The van der Waals surface area contributed by atoms with Gasteiger partial charge in [-0.1, -0.05) is 0 Å². The Hall–Kier alpha value is -1.54. The van der Waals surface area contributed by atoms with Crippen LogP contribution in [-0.2, 0) is 16.1 Å². The van der Waals surface area contributed by atoms with Crippen molar-refractivity contribution in [1.82, 2.24) is 9.78 Å². The van der Waals surface area contributed by atoms with E-state index in [0.717, 1.165) is 6.42 Å². The van der Waals surface area contributed by atoms with Crippen molar-refractivity contribution in [2.45, 2.75) is 43.8 Å². The van der Waals surface area contributed by atoms with Gasteiger partial charge in [-0.05, 0) is 25.7 Å². The highest BCUT2D eigenvalue weighted by molar-refractivity contribution is 5.96. The first kappa shape index (κ1) is 15.8. The summed E-state index contributed by atoms with van der Waals surface area (Å²) in [7, 11) is 1.59. The van der Waals surface area contributed by atoms with Crippen molar-refractivity contribution < 1.29 is 23.4 Å². The number of hydrogen-bond acceptors (Lipinski definition) is 4. The fourth-order valence-electron chi connectivity index (χ4n) is 2.16. The number of anilines is 1. The lowest BCUT2D eigenvalue weighted by molar-refractivity contribution is -0.212. The molecule has 1 aliphatic rings. The van der Waals surface area contributed by atoms with Gasteiger partial charge in [0.15, 0.2) is 5.82 Å². The normalized spacial score (nSPS) is 17.3. The summed E-state index contributed by atoms with van der Waals surface area (Å²) in [6.45, 7) is 1.12. The summed E-state index contributed by atoms with van der Waals surface area (Å²) in [4.78, 5) is 11.7. The first-order chi connectivity index (χ1) is 9.89. The van der Waals surface area contributed by atoms with Crippen molar-refractivity contribution in [3.05, 3.63) is 12.3 Å². The predicted octanol–water partition coefficient (Wildman–Crippen LogP) is 1.41. The van der Waals surface area contributed by atoms with Crippen molar-refractivity contribution in [2.24, 2.45) is 0 Å². The molecule has 1 fully saturated rings. The Labute approximate surface area is 121 Å². The zero-order valence-corrected chi connectivity index (χ0v) is 11.8. The molecule has 0 bridgehead atoms. The van der Waals surface area contributed by atoms with E-state index in [2.05, 4.69) is 10.4 Å². The highest BCUT2D eigenvalue weighted by Gasteiger charge is 2.61. The number of amides is 1. The van der Waals surface area contributed by atoms with Gasteiger partial charge in [0, 0.05) is 32.5 Å². The molecular formula is C13H19F2N3O3. The van der Waals surface area contributed by atoms with Crippen LogP contribution in [0.2, 0.25) is 0 Å². The number of methoxy groups -OCH3 is 1. The zero-order valence-electron chi connectivity index (χ0n) is 11.8. The van der Waals surface area contributed by atoms with Gasteiger partial charge in [0.05, 0.1) is 0 Å². The molecule has 0 aliphatic heterocycles. The maximum absolute atomic E-state index is 13.9. The third-order valence-corrected chi connectivity index (χ3v) is 3.67. The third-order valence-electron chi connectivity index (χ3n) is 3.67. The number of aliphatic hydroxyl groups is 1. The second kappa shape index (κ2) is 6.07. The van der Waals surface area contributed by atoms with Gasteiger partial charge in [-0.3, -0.25) is 9.48 Å². The van der Waals surface area contributed by atoms with Crippen LogP contribution < -0.4 is 5.32 Å². The Morgan fingerprint density at radius 2 is 2.33 bits per heavy atom. The lowest BCUT2D eigenvalue weighted by Gasteiger charge is -2.41. The quantitative estimate of drug-likeness (QED) is 0.747. The average molecular weight is 303 g/mol. The van der Waals surface area contributed by atoms with Crippen molar-refractivity contribution >= 4 is 11.7 Å². The summed E-state index contributed by atoms with van der Waals surface area (Å²) in [5, 5.41) is 15.7. The van der Waals surface area contributed by atoms with Gasteiger partial charge < -0.3 is 15.2 Å². The van der Waals surface area contributed by atoms with E-state index in [1.165, 1.54) is 10.7 Å². The summed E-state index contributed by atoms with van der Waals surface area (Å²) in [6.07, 6.45) is 2.66. The maximum atomic E-state index is 13.9. The number of carbonyl (C=O) groups excluding carboxylic acids is 1. The highest BCUT2D eigenvalue weighted by Crippen LogP contribution is 2.44. The average Bonchev–Trinajstić information content (AvgIpc) is 2.83. The Morgan fingerprint density at radius 1 is 1.62 bits per heavy atom. The minimum Gasteiger partial charge on any atom is -0.385 e. The molecule has 0 saturated heterocycles. The van der Waals surface area contributed by atoms with Crippen LogP contribution >= 0.6 is 0 Å². The molecule has 2 N–H and O–H groups in total. The minimum absolute atomic E-state index is 0.0417. The van der Waals surface area contributed by atoms with Gasteiger partial charge in [0.2, 0.25) is 0 Å². The van der Waals surface area contributed by atoms with Crippen molar-refractivity contribution in [3.63, 3.8) is 0 Å². The number of hydrogen-bond donors (Lipinski definition) is 2. The predicted molar refractivity (Wildman–Crippen MR) is 71.1 cm³/mol. The van der Waals surface area contributed by atoms with Gasteiger partial charge >= 0.3 is 5.92 Å². The molecule has 118 valence electrons. The molecule has 0 atom stereocenters. The molecule has 0 spiro atoms. The number of aryl methyl sites for hydroxylation is 1. The van der Waals surface area contributed by atoms with Gasteiger partial charge in [-0.2, -0.15) is 13.9 Å². The molecule has 8 heteroatoms. The number of carbonyl (C=O) groups is 1. The van der Waals surface area contributed by atoms with Crippen molar-refractivity contribution in [3.8, 4) is 0 Å². The molecule has 1 aromatic heterocycles. The van der Waals surface area contributed by atoms with Gasteiger partial charge in [-0.15, -0.1) is 0 Å². The molecular weight excluding hydrogens is 284 g/mol. The molecule has 1 aliphatic carbocycles. The van der Waals surface area contributed by atoms with Crippen LogP contribution in [0.4, 0.5) is 14.6 Å². The number of nitrogens with one attached hydrogen (secondary N) is 1. The van der Waals surface area contributed by atoms with E-state index < -0.39 is 17.4 Å². The summed E-state index contributed by atoms with van der Waals surface area (Å²) in [6, 6.07) is 1.44. The number of alkyl halides is 2. The Balaban J connectivity index is 1.93. The topological polar surface area (TPSA) is 76.4 Å². The molecule has 21 heavy (non-hydrogen) atoms. The van der Waals surface area contributed by atoms with E-state index in [1.807, 2.05) is 0 Å². The molecule has 6 nitrogen and oxygen atoms in total. The van der Waals surface area contributed by atoms with E-state index in [1.54, 1.807) is 13.3 Å². The van der Waals surface area contributed by atoms with E-state index in [4.69, 9.17) is 4.74 Å². The number of halogens is 2. The minimum atomic E-state index is -3.81. The second-order valence-electron chi connectivity index (χ2n) is 5.22. The standard InChI is InChI=1S/C13H19F2N3O3/c1-21-9-3-7-18-8-4-10(17-18)16-11(19)13(14,15)12(20)5-2-6-12/h4,8,20H,2-3,5-7,9H2,1H3,(H,16,17,19). The molecule has 2 rings (SSSR count). The number of aromatic nitrogens is 2. The third kappa shape index (κ3) is 3.21. The van der Waals surface area contributed by atoms with Crippen LogP contribution in [0.15, 0.2) is 12.3 Å². The van der Waals surface area contributed by atoms with Crippen LogP contribution in [0.5, 0.6) is 0 Å². The monoisotopic (exact) mass is 303 g/mol. The van der Waals surface area contributed by atoms with Gasteiger partial charge in [0.1, 0.15) is 5.60 Å². The molecule has 1 aromatic rings. The van der Waals surface area contributed by atoms with Crippen molar-refractivity contribution in [1.29, 1.82) is 0 Å². The fraction of sp³-hybridized carbons (Fsp3) is 0.692. The molecule has 1 heterocycles. The molecule has 0 radical (unpaired) electrons. The van der Waals surface area contributed by atoms with E-state index in [-0.39, 0.29) is 18.7 Å². The SMILES string of the molecule is COCCCn1ccc(NC(=O)C(F)(F)C2(O)CCC2)n1. The van der Waals surface area contributed by atoms with Crippen LogP contribution in [0.25, 0.3) is 0 Å². The van der Waals surface area contributed by atoms with Crippen molar-refractivity contribution in [2.75, 3.05) is 19.0 Å². The van der Waals surface area contributed by atoms with E-state index in [9.17, 15) is 18.7 Å². The first-order valence-electron chi connectivity index (χ1n) is 6.83. The fourth-order valence-corrected chi connectivity index (χ4v) is 2.16. The van der Waals surface area contributed by atoms with Gasteiger partial charge in [0.25, 0.3) is 5.91 Å². The van der Waals surface area contributed by atoms with Gasteiger partial charge in [-0.25, -0.2) is 0 Å². The smallest absolute Gasteiger partial charge is 0.352 e. The van der Waals surface area contributed by atoms with E-state index in [0.29, 0.717) is 19.6 Å². The van der Waals surface area contributed by atoms with E-state index >= 15 is 0 Å². The Bertz CT molecular complexity index is 501. The summed E-state index contributed by atoms with van der Waals surface area (Å²) < 4.78 is 34.2. The number of nitrogens with zero attached hydrogens (tertiary/aromatic N) is 2. The summed E-state index contributed by atoms with van der Waals surface area (Å²) in [5.74, 6) is -5.29. The largest absolute Gasteiger partial charge is 0.385 e. The lowest BCUT2D eigenvalue weighted by atomic mass is 9.75. The van der Waals surface area contributed by atoms with Crippen LogP contribution in [0, 0.1) is 0 Å². The highest BCUT2D eigenvalue weighted by atomic mass is 19.3. The van der Waals surface area contributed by atoms with Crippen LogP contribution in [-0.4, -0.2) is 46.0 Å². The molecule has 1 saturated carbocycles. The lowest BCUT2D eigenvalue weighted by Crippen LogP contribution is -2.59. The second-order valence-corrected chi connectivity index (χ2v) is 5.22. The Morgan fingerprint density at radius 3 is 2.90 bits per heavy atom.